The number of carbonyl (C=O) groups excluding carboxylic acids is 1. The number of nitrogens with zero attached hydrogens (tertiary/aromatic N) is 5. The summed E-state index contributed by atoms with van der Waals surface area (Å²) >= 11 is 3.37. The number of methoxy groups -OCH3 is 1. The number of benzene rings is 2. The second kappa shape index (κ2) is 7.84. The van der Waals surface area contributed by atoms with Crippen molar-refractivity contribution in [3.63, 3.8) is 0 Å². The Hall–Kier alpha value is -3.53. The lowest BCUT2D eigenvalue weighted by atomic mass is 10.2. The summed E-state index contributed by atoms with van der Waals surface area (Å²) in [6, 6.07) is 12.9. The van der Waals surface area contributed by atoms with Gasteiger partial charge in [0.1, 0.15) is 5.75 Å². The fourth-order valence-electron chi connectivity index (χ4n) is 2.78. The highest BCUT2D eigenvalue weighted by Crippen LogP contribution is 2.36. The zero-order valence-corrected chi connectivity index (χ0v) is 16.8. The van der Waals surface area contributed by atoms with Gasteiger partial charge in [-0.1, -0.05) is 33.3 Å². The van der Waals surface area contributed by atoms with Gasteiger partial charge in [-0.25, -0.2) is 4.68 Å². The first-order valence-corrected chi connectivity index (χ1v) is 9.32. The smallest absolute Gasteiger partial charge is 0.317 e. The molecule has 2 heterocycles. The van der Waals surface area contributed by atoms with Crippen LogP contribution in [0.15, 0.2) is 63.4 Å². The predicted octanol–water partition coefficient (Wildman–Crippen LogP) is 4.21. The third-order valence-corrected chi connectivity index (χ3v) is 4.71. The first kappa shape index (κ1) is 18.8. The molecule has 2 aromatic carbocycles. The first-order chi connectivity index (χ1) is 14.0. The Morgan fingerprint density at radius 1 is 1.28 bits per heavy atom. The Morgan fingerprint density at radius 2 is 2.07 bits per heavy atom. The number of hydrogen-bond acceptors (Lipinski definition) is 6. The lowest BCUT2D eigenvalue weighted by molar-refractivity contribution is 0.0990. The maximum atomic E-state index is 12.3. The summed E-state index contributed by atoms with van der Waals surface area (Å²) in [7, 11) is 1.60. The lowest BCUT2D eigenvalue weighted by Gasteiger charge is -2.02. The fourth-order valence-corrected chi connectivity index (χ4v) is 3.14. The molecule has 0 unspecified atom stereocenters. The molecule has 0 aliphatic rings. The van der Waals surface area contributed by atoms with E-state index < -0.39 is 5.91 Å². The minimum atomic E-state index is -0.658. The van der Waals surface area contributed by atoms with Gasteiger partial charge in [-0.3, -0.25) is 4.79 Å². The zero-order chi connectivity index (χ0) is 20.4. The Kier molecular flexibility index (Phi) is 5.09. The van der Waals surface area contributed by atoms with Gasteiger partial charge in [-0.2, -0.15) is 0 Å². The fraction of sp³-hybridized carbons (Fsp3) is 0.105. The quantitative estimate of drug-likeness (QED) is 0.437. The molecule has 0 saturated carbocycles. The van der Waals surface area contributed by atoms with E-state index in [-0.39, 0.29) is 17.3 Å². The molecule has 4 rings (SSSR count). The largest absolute Gasteiger partial charge is 0.497 e. The normalized spacial score (nSPS) is 11.4. The number of hydrogen-bond donors (Lipinski definition) is 2. The van der Waals surface area contributed by atoms with Gasteiger partial charge in [-0.15, -0.1) is 15.3 Å². The molecule has 10 heteroatoms. The summed E-state index contributed by atoms with van der Waals surface area (Å²) in [6.45, 7) is 0.443. The number of fused-ring (bicyclic) bond motifs is 1. The molecule has 0 bridgehead atoms. The summed E-state index contributed by atoms with van der Waals surface area (Å²) in [5.41, 5.74) is 1.89. The van der Waals surface area contributed by atoms with E-state index in [2.05, 4.69) is 41.5 Å². The Labute approximate surface area is 173 Å². The van der Waals surface area contributed by atoms with Gasteiger partial charge in [0.25, 0.3) is 0 Å². The van der Waals surface area contributed by atoms with Gasteiger partial charge in [-0.05, 0) is 35.9 Å². The van der Waals surface area contributed by atoms with Gasteiger partial charge >= 0.3 is 5.91 Å². The summed E-state index contributed by atoms with van der Waals surface area (Å²) < 4.78 is 7.48. The van der Waals surface area contributed by atoms with Crippen molar-refractivity contribution in [3.8, 4) is 11.6 Å². The molecule has 146 valence electrons. The van der Waals surface area contributed by atoms with Crippen LogP contribution < -0.4 is 4.74 Å². The number of halogens is 1. The van der Waals surface area contributed by atoms with Crippen molar-refractivity contribution in [2.45, 2.75) is 6.54 Å². The van der Waals surface area contributed by atoms with E-state index >= 15 is 0 Å². The van der Waals surface area contributed by atoms with Crippen LogP contribution in [0.4, 0.5) is 5.69 Å². The van der Waals surface area contributed by atoms with Crippen molar-refractivity contribution in [2.75, 3.05) is 7.11 Å². The molecule has 9 nitrogen and oxygen atoms in total. The molecule has 2 N–H and O–H groups in total. The summed E-state index contributed by atoms with van der Waals surface area (Å²) in [5.74, 6) is -0.0660. The zero-order valence-electron chi connectivity index (χ0n) is 15.2. The molecule has 0 saturated heterocycles. The minimum Gasteiger partial charge on any atom is -0.497 e. The second-order valence-electron chi connectivity index (χ2n) is 6.17. The molecule has 1 amide bonds. The molecule has 29 heavy (non-hydrogen) atoms. The molecule has 0 radical (unpaired) electrons. The van der Waals surface area contributed by atoms with Crippen LogP contribution in [0.25, 0.3) is 10.9 Å². The molecule has 0 spiro atoms. The standard InChI is InChI=1S/C19H15BrN6O3/c1-29-13-5-2-11(3-6-13)9-26-10-16(22-25-26)18(27)24-23-17-14-8-12(20)4-7-15(14)21-19(17)28/h2-8,10,21,28H,9H2,1H3. The van der Waals surface area contributed by atoms with E-state index in [4.69, 9.17) is 4.74 Å². The van der Waals surface area contributed by atoms with Gasteiger partial charge in [0.05, 0.1) is 25.4 Å². The van der Waals surface area contributed by atoms with Crippen LogP contribution in [0.3, 0.4) is 0 Å². The van der Waals surface area contributed by atoms with Gasteiger partial charge < -0.3 is 14.8 Å². The highest BCUT2D eigenvalue weighted by atomic mass is 79.9. The van der Waals surface area contributed by atoms with E-state index in [1.165, 1.54) is 10.9 Å². The number of azo groups is 1. The van der Waals surface area contributed by atoms with E-state index in [9.17, 15) is 9.90 Å². The lowest BCUT2D eigenvalue weighted by Crippen LogP contribution is -2.00. The third-order valence-electron chi connectivity index (χ3n) is 4.22. The van der Waals surface area contributed by atoms with Crippen LogP contribution in [0.5, 0.6) is 11.6 Å². The van der Waals surface area contributed by atoms with Crippen molar-refractivity contribution in [3.05, 3.63) is 64.4 Å². The monoisotopic (exact) mass is 454 g/mol. The molecule has 4 aromatic rings. The number of nitrogens with one attached hydrogen (secondary N) is 1. The number of amides is 1. The minimum absolute atomic E-state index is 0.0581. The molecule has 0 aliphatic carbocycles. The number of aromatic hydroxyl groups is 1. The van der Waals surface area contributed by atoms with Crippen molar-refractivity contribution in [1.29, 1.82) is 0 Å². The highest BCUT2D eigenvalue weighted by molar-refractivity contribution is 9.10. The van der Waals surface area contributed by atoms with Crippen molar-refractivity contribution in [2.24, 2.45) is 10.2 Å². The predicted molar refractivity (Wildman–Crippen MR) is 109 cm³/mol. The van der Waals surface area contributed by atoms with E-state index in [0.29, 0.717) is 17.4 Å². The van der Waals surface area contributed by atoms with Crippen LogP contribution >= 0.6 is 15.9 Å². The van der Waals surface area contributed by atoms with Crippen molar-refractivity contribution < 1.29 is 14.6 Å². The average molecular weight is 455 g/mol. The van der Waals surface area contributed by atoms with Crippen LogP contribution in [0.2, 0.25) is 0 Å². The summed E-state index contributed by atoms with van der Waals surface area (Å²) in [5, 5.41) is 26.1. The topological polar surface area (TPSA) is 118 Å². The Bertz CT molecular complexity index is 1210. The molecule has 0 atom stereocenters. The van der Waals surface area contributed by atoms with Gasteiger partial charge in [0.2, 0.25) is 5.88 Å². The maximum Gasteiger partial charge on any atom is 0.317 e. The van der Waals surface area contributed by atoms with Crippen molar-refractivity contribution >= 4 is 38.4 Å². The van der Waals surface area contributed by atoms with Crippen LogP contribution in [-0.2, 0) is 6.54 Å². The third kappa shape index (κ3) is 4.02. The van der Waals surface area contributed by atoms with E-state index in [1.807, 2.05) is 30.3 Å². The average Bonchev–Trinajstić information content (AvgIpc) is 3.30. The van der Waals surface area contributed by atoms with Crippen molar-refractivity contribution in [1.82, 2.24) is 20.0 Å². The maximum absolute atomic E-state index is 12.3. The Balaban J connectivity index is 1.50. The van der Waals surface area contributed by atoms with Crippen LogP contribution in [-0.4, -0.2) is 38.1 Å². The van der Waals surface area contributed by atoms with Crippen LogP contribution in [0.1, 0.15) is 16.1 Å². The SMILES string of the molecule is COc1ccc(Cn2cc(C(=O)N=Nc3c(O)[nH]c4ccc(Br)cc34)nn2)cc1. The van der Waals surface area contributed by atoms with Gasteiger partial charge in [0.15, 0.2) is 11.4 Å². The number of rotatable bonds is 5. The molecular formula is C19H15BrN6O3. The molecule has 2 aromatic heterocycles. The number of aromatic nitrogens is 4. The first-order valence-electron chi connectivity index (χ1n) is 8.53. The summed E-state index contributed by atoms with van der Waals surface area (Å²) in [4.78, 5) is 15.1. The number of ether oxygens (including phenoxy) is 1. The second-order valence-corrected chi connectivity index (χ2v) is 7.08. The highest BCUT2D eigenvalue weighted by Gasteiger charge is 2.14. The number of carbonyl (C=O) groups is 1. The van der Waals surface area contributed by atoms with E-state index in [0.717, 1.165) is 15.8 Å². The van der Waals surface area contributed by atoms with Gasteiger partial charge in [0, 0.05) is 9.86 Å². The Morgan fingerprint density at radius 3 is 2.83 bits per heavy atom. The molecule has 0 fully saturated rings. The van der Waals surface area contributed by atoms with Crippen LogP contribution in [0, 0.1) is 0 Å². The van der Waals surface area contributed by atoms with E-state index in [1.54, 1.807) is 19.2 Å². The molecule has 0 aliphatic heterocycles. The summed E-state index contributed by atoms with van der Waals surface area (Å²) in [6.07, 6.45) is 1.50. The number of aromatic amines is 1. The molecular weight excluding hydrogens is 440 g/mol. The number of H-pyrrole nitrogens is 1.